The maximum Gasteiger partial charge on any atom is 0.326 e. The van der Waals surface area contributed by atoms with E-state index in [-0.39, 0.29) is 42.1 Å². The van der Waals surface area contributed by atoms with Crippen molar-refractivity contribution in [1.29, 1.82) is 0 Å². The van der Waals surface area contributed by atoms with Crippen LogP contribution < -0.4 is 5.32 Å². The number of phenolic OH excluding ortho intramolecular Hbond substituents is 1. The number of aromatic amines is 1. The van der Waals surface area contributed by atoms with E-state index in [0.29, 0.717) is 54.0 Å². The Morgan fingerprint density at radius 1 is 1.04 bits per heavy atom. The van der Waals surface area contributed by atoms with E-state index in [2.05, 4.69) is 17.2 Å². The number of aliphatic carboxylic acids is 1. The van der Waals surface area contributed by atoms with Gasteiger partial charge in [0.05, 0.1) is 6.42 Å². The lowest BCUT2D eigenvalue weighted by molar-refractivity contribution is -0.170. The smallest absolute Gasteiger partial charge is 0.326 e. The lowest BCUT2D eigenvalue weighted by atomic mass is 9.46. The number of aromatic nitrogens is 1. The number of benzene rings is 1. The van der Waals surface area contributed by atoms with Crippen LogP contribution in [0.15, 0.2) is 36.0 Å². The molecule has 0 saturated heterocycles. The molecule has 1 aromatic heterocycles. The van der Waals surface area contributed by atoms with Crippen molar-refractivity contribution in [2.45, 2.75) is 96.1 Å². The molecule has 1 heterocycles. The second-order valence-corrected chi connectivity index (χ2v) is 14.6. The Kier molecular flexibility index (Phi) is 8.57. The Labute approximate surface area is 273 Å². The molecule has 4 aliphatic carbocycles. The summed E-state index contributed by atoms with van der Waals surface area (Å²) in [4.78, 5) is 65.7. The SMILES string of the molecule is C[C@]12CCC(=O)C=C1CC[C@@H]1[C@H]2CC[C@@]2(C)[C@H]1CC[C@]2(O)C(=O)COC(=O)CCC(=O)N[C@H](Cc1c[nH]c2ccc(O)cc12)C(=O)O. The predicted molar refractivity (Wildman–Crippen MR) is 170 cm³/mol. The number of esters is 1. The molecule has 6 rings (SSSR count). The van der Waals surface area contributed by atoms with Crippen molar-refractivity contribution >= 4 is 40.3 Å². The van der Waals surface area contributed by atoms with E-state index in [1.807, 2.05) is 13.0 Å². The van der Waals surface area contributed by atoms with E-state index >= 15 is 0 Å². The minimum atomic E-state index is -1.62. The largest absolute Gasteiger partial charge is 0.508 e. The minimum Gasteiger partial charge on any atom is -0.508 e. The third kappa shape index (κ3) is 5.76. The van der Waals surface area contributed by atoms with Gasteiger partial charge < -0.3 is 30.4 Å². The number of aromatic hydroxyl groups is 1. The summed E-state index contributed by atoms with van der Waals surface area (Å²) in [7, 11) is 0. The molecular formula is C36H44N2O9. The van der Waals surface area contributed by atoms with E-state index in [9.17, 15) is 39.3 Å². The first-order valence-electron chi connectivity index (χ1n) is 16.7. The molecule has 3 saturated carbocycles. The van der Waals surface area contributed by atoms with Gasteiger partial charge in [0, 0.05) is 41.8 Å². The van der Waals surface area contributed by atoms with Crippen molar-refractivity contribution in [3.05, 3.63) is 41.6 Å². The molecule has 2 aromatic rings. The number of phenols is 1. The fraction of sp³-hybridized carbons (Fsp3) is 0.583. The lowest BCUT2D eigenvalue weighted by Crippen LogP contribution is -2.58. The molecule has 11 heteroatoms. The number of nitrogens with one attached hydrogen (secondary N) is 2. The highest BCUT2D eigenvalue weighted by atomic mass is 16.5. The number of aliphatic hydroxyl groups is 1. The molecule has 0 spiro atoms. The Morgan fingerprint density at radius 2 is 1.81 bits per heavy atom. The number of carboxylic acids is 1. The van der Waals surface area contributed by atoms with Gasteiger partial charge in [-0.15, -0.1) is 0 Å². The number of amides is 1. The normalized spacial score (nSPS) is 32.0. The summed E-state index contributed by atoms with van der Waals surface area (Å²) in [6.07, 6.45) is 8.55. The minimum absolute atomic E-state index is 0.0183. The van der Waals surface area contributed by atoms with Crippen LogP contribution in [0, 0.1) is 28.6 Å². The third-order valence-electron chi connectivity index (χ3n) is 12.3. The van der Waals surface area contributed by atoms with Gasteiger partial charge in [-0.2, -0.15) is 0 Å². The van der Waals surface area contributed by atoms with Gasteiger partial charge in [-0.3, -0.25) is 19.2 Å². The zero-order valence-corrected chi connectivity index (χ0v) is 27.0. The van der Waals surface area contributed by atoms with Gasteiger partial charge in [0.15, 0.2) is 12.4 Å². The van der Waals surface area contributed by atoms with Crippen LogP contribution in [-0.2, 0) is 35.1 Å². The fourth-order valence-electron chi connectivity index (χ4n) is 9.61. The molecular weight excluding hydrogens is 604 g/mol. The van der Waals surface area contributed by atoms with Crippen LogP contribution >= 0.6 is 0 Å². The summed E-state index contributed by atoms with van der Waals surface area (Å²) in [6, 6.07) is 3.42. The summed E-state index contributed by atoms with van der Waals surface area (Å²) >= 11 is 0. The van der Waals surface area contributed by atoms with Crippen LogP contribution in [0.2, 0.25) is 0 Å². The Balaban J connectivity index is 1.01. The van der Waals surface area contributed by atoms with Crippen LogP contribution in [0.5, 0.6) is 5.75 Å². The van der Waals surface area contributed by atoms with Crippen LogP contribution in [-0.4, -0.2) is 68.0 Å². The average molecular weight is 649 g/mol. The maximum atomic E-state index is 13.5. The van der Waals surface area contributed by atoms with Gasteiger partial charge in [0.2, 0.25) is 11.7 Å². The number of hydrogen-bond acceptors (Lipinski definition) is 8. The van der Waals surface area contributed by atoms with Crippen LogP contribution in [0.4, 0.5) is 0 Å². The predicted octanol–water partition coefficient (Wildman–Crippen LogP) is 4.14. The Hall–Kier alpha value is -3.99. The number of allylic oxidation sites excluding steroid dienone is 1. The second kappa shape index (κ2) is 12.2. The number of carbonyl (C=O) groups excluding carboxylic acids is 4. The molecule has 4 aliphatic rings. The number of carbonyl (C=O) groups is 5. The quantitative estimate of drug-likeness (QED) is 0.236. The first-order chi connectivity index (χ1) is 22.2. The number of H-pyrrole nitrogens is 1. The summed E-state index contributed by atoms with van der Waals surface area (Å²) in [5.74, 6) is -2.07. The number of ether oxygens (including phenoxy) is 1. The van der Waals surface area contributed by atoms with Gasteiger partial charge in [-0.05, 0) is 98.0 Å². The summed E-state index contributed by atoms with van der Waals surface area (Å²) in [5.41, 5.74) is 0.290. The molecule has 0 bridgehead atoms. The van der Waals surface area contributed by atoms with Gasteiger partial charge in [-0.25, -0.2) is 4.79 Å². The van der Waals surface area contributed by atoms with Gasteiger partial charge in [-0.1, -0.05) is 19.4 Å². The van der Waals surface area contributed by atoms with Crippen molar-refractivity contribution in [2.75, 3.05) is 6.61 Å². The second-order valence-electron chi connectivity index (χ2n) is 14.6. The molecule has 47 heavy (non-hydrogen) atoms. The van der Waals surface area contributed by atoms with Crippen molar-refractivity contribution in [3.63, 3.8) is 0 Å². The molecule has 0 aliphatic heterocycles. The number of carboxylic acid groups (broad SMARTS) is 1. The summed E-state index contributed by atoms with van der Waals surface area (Å²) in [5, 5.41) is 34.4. The molecule has 1 amide bonds. The monoisotopic (exact) mass is 648 g/mol. The highest BCUT2D eigenvalue weighted by molar-refractivity contribution is 5.93. The van der Waals surface area contributed by atoms with E-state index < -0.39 is 47.3 Å². The number of hydrogen-bond donors (Lipinski definition) is 5. The third-order valence-corrected chi connectivity index (χ3v) is 12.3. The number of rotatable bonds is 10. The summed E-state index contributed by atoms with van der Waals surface area (Å²) in [6.45, 7) is 3.70. The van der Waals surface area contributed by atoms with Crippen molar-refractivity contribution < 1.29 is 44.0 Å². The van der Waals surface area contributed by atoms with Gasteiger partial charge in [0.1, 0.15) is 17.4 Å². The Morgan fingerprint density at radius 3 is 2.57 bits per heavy atom. The highest BCUT2D eigenvalue weighted by Crippen LogP contribution is 2.67. The average Bonchev–Trinajstić information content (AvgIpc) is 3.56. The first kappa shape index (κ1) is 32.9. The standard InChI is InChI=1S/C36H44N2O9/c1-34-12-9-23(40)16-21(34)3-5-24-26(34)10-13-35(2)27(24)11-14-36(35,46)30(41)19-47-32(43)8-7-31(42)38-29(33(44)45)15-20-18-37-28-6-4-22(39)17-25(20)28/h4,6,16-18,24,26-27,29,37,39,46H,3,5,7-15,19H2,1-2H3,(H,38,42)(H,44,45)/t24-,26-,27+,29-,34+,35+,36+/m1/s1. The van der Waals surface area contributed by atoms with Crippen molar-refractivity contribution in [3.8, 4) is 5.75 Å². The molecule has 0 unspecified atom stereocenters. The van der Waals surface area contributed by atoms with Crippen molar-refractivity contribution in [2.24, 2.45) is 28.6 Å². The molecule has 1 aromatic carbocycles. The zero-order chi connectivity index (χ0) is 33.7. The lowest BCUT2D eigenvalue weighted by Gasteiger charge is -2.58. The van der Waals surface area contributed by atoms with Gasteiger partial charge >= 0.3 is 11.9 Å². The van der Waals surface area contributed by atoms with Crippen LogP contribution in [0.25, 0.3) is 10.9 Å². The van der Waals surface area contributed by atoms with E-state index in [0.717, 1.165) is 25.7 Å². The number of Topliss-reactive ketones (excluding diaryl/α,β-unsaturated/α-hetero) is 1. The first-order valence-corrected chi connectivity index (χ1v) is 16.7. The van der Waals surface area contributed by atoms with E-state index in [1.165, 1.54) is 17.7 Å². The van der Waals surface area contributed by atoms with Crippen LogP contribution in [0.3, 0.4) is 0 Å². The van der Waals surface area contributed by atoms with E-state index in [4.69, 9.17) is 4.74 Å². The molecule has 11 nitrogen and oxygen atoms in total. The fourth-order valence-corrected chi connectivity index (χ4v) is 9.61. The van der Waals surface area contributed by atoms with Gasteiger partial charge in [0.25, 0.3) is 0 Å². The van der Waals surface area contributed by atoms with E-state index in [1.54, 1.807) is 12.3 Å². The Bertz CT molecular complexity index is 1660. The van der Waals surface area contributed by atoms with Crippen LogP contribution in [0.1, 0.15) is 83.6 Å². The highest BCUT2D eigenvalue weighted by Gasteiger charge is 2.66. The van der Waals surface area contributed by atoms with Crippen molar-refractivity contribution in [1.82, 2.24) is 10.3 Å². The molecule has 252 valence electrons. The molecule has 7 atom stereocenters. The maximum absolute atomic E-state index is 13.5. The summed E-state index contributed by atoms with van der Waals surface area (Å²) < 4.78 is 5.25. The number of fused-ring (bicyclic) bond motifs is 6. The number of ketones is 2. The molecule has 0 radical (unpaired) electrons. The molecule has 3 fully saturated rings. The molecule has 5 N–H and O–H groups in total. The topological polar surface area (TPSA) is 183 Å². The zero-order valence-electron chi connectivity index (χ0n) is 27.0.